The monoisotopic (exact) mass is 425 g/mol. The second-order valence-corrected chi connectivity index (χ2v) is 7.56. The zero-order valence-electron chi connectivity index (χ0n) is 18.0. The third-order valence-electron chi connectivity index (χ3n) is 5.63. The van der Waals surface area contributed by atoms with Gasteiger partial charge in [0.25, 0.3) is 11.5 Å². The number of rotatable bonds is 3. The van der Waals surface area contributed by atoms with Crippen molar-refractivity contribution in [3.63, 3.8) is 0 Å². The zero-order valence-corrected chi connectivity index (χ0v) is 18.0. The number of hydrogen-bond donors (Lipinski definition) is 1. The standard InChI is InChI=1S/C19H21N7O3.C2H6/c1-12-14(18(29)24-9-7-23(8-10-24)17(28)13-4-5-13)11-20-26(12)19-21-16(27)15-3-2-6-25(15)22-19;1-2/h2-3,6,11,13H,4-5,7-10H2,1H3,(H,21,22,27);1-2H3. The molecule has 1 N–H and O–H groups in total. The van der Waals surface area contributed by atoms with E-state index >= 15 is 0 Å². The maximum atomic E-state index is 13.0. The number of nitrogens with zero attached hydrogens (tertiary/aromatic N) is 6. The van der Waals surface area contributed by atoms with Crippen LogP contribution >= 0.6 is 0 Å². The van der Waals surface area contributed by atoms with E-state index in [0.717, 1.165) is 12.8 Å². The fourth-order valence-corrected chi connectivity index (χ4v) is 3.75. The molecule has 4 heterocycles. The van der Waals surface area contributed by atoms with Crippen LogP contribution in [-0.4, -0.2) is 72.2 Å². The van der Waals surface area contributed by atoms with Gasteiger partial charge >= 0.3 is 0 Å². The minimum atomic E-state index is -0.278. The molecule has 164 valence electrons. The Morgan fingerprint density at radius 2 is 1.77 bits per heavy atom. The minimum Gasteiger partial charge on any atom is -0.339 e. The Balaban J connectivity index is 0.00000112. The Morgan fingerprint density at radius 1 is 1.10 bits per heavy atom. The minimum absolute atomic E-state index is 0.128. The van der Waals surface area contributed by atoms with Crippen molar-refractivity contribution >= 4 is 17.3 Å². The van der Waals surface area contributed by atoms with Crippen LogP contribution in [0.5, 0.6) is 0 Å². The predicted molar refractivity (Wildman–Crippen MR) is 114 cm³/mol. The first-order chi connectivity index (χ1) is 15.0. The summed E-state index contributed by atoms with van der Waals surface area (Å²) >= 11 is 0. The molecule has 1 saturated heterocycles. The zero-order chi connectivity index (χ0) is 22.1. The third kappa shape index (κ3) is 3.85. The highest BCUT2D eigenvalue weighted by atomic mass is 16.2. The van der Waals surface area contributed by atoms with Gasteiger partial charge < -0.3 is 9.80 Å². The first-order valence-electron chi connectivity index (χ1n) is 10.7. The van der Waals surface area contributed by atoms with Crippen LogP contribution in [0.1, 0.15) is 42.7 Å². The number of hydrogen-bond acceptors (Lipinski definition) is 5. The van der Waals surface area contributed by atoms with Crippen molar-refractivity contribution in [1.82, 2.24) is 34.2 Å². The molecule has 31 heavy (non-hydrogen) atoms. The molecule has 1 saturated carbocycles. The van der Waals surface area contributed by atoms with Crippen molar-refractivity contribution in [1.29, 1.82) is 0 Å². The third-order valence-corrected chi connectivity index (χ3v) is 5.63. The van der Waals surface area contributed by atoms with Gasteiger partial charge in [-0.3, -0.25) is 19.4 Å². The van der Waals surface area contributed by atoms with Gasteiger partial charge in [-0.05, 0) is 31.9 Å². The molecular formula is C21H27N7O3. The second-order valence-electron chi connectivity index (χ2n) is 7.56. The molecule has 1 aliphatic carbocycles. The van der Waals surface area contributed by atoms with Gasteiger partial charge in [-0.25, -0.2) is 9.20 Å². The Hall–Kier alpha value is -3.43. The smallest absolute Gasteiger partial charge is 0.276 e. The van der Waals surface area contributed by atoms with Crippen LogP contribution in [0.3, 0.4) is 0 Å². The second kappa shape index (κ2) is 8.37. The maximum Gasteiger partial charge on any atom is 0.276 e. The number of piperazine rings is 1. The van der Waals surface area contributed by atoms with Crippen LogP contribution in [0, 0.1) is 12.8 Å². The van der Waals surface area contributed by atoms with Crippen molar-refractivity contribution in [3.05, 3.63) is 46.1 Å². The Kier molecular flexibility index (Phi) is 5.62. The van der Waals surface area contributed by atoms with Gasteiger partial charge in [0.2, 0.25) is 11.9 Å². The number of aromatic amines is 1. The van der Waals surface area contributed by atoms with E-state index in [4.69, 9.17) is 0 Å². The van der Waals surface area contributed by atoms with E-state index in [0.29, 0.717) is 43.0 Å². The van der Waals surface area contributed by atoms with Crippen molar-refractivity contribution in [3.8, 4) is 5.95 Å². The highest BCUT2D eigenvalue weighted by molar-refractivity contribution is 5.95. The lowest BCUT2D eigenvalue weighted by Gasteiger charge is -2.34. The Bertz CT molecular complexity index is 1160. The summed E-state index contributed by atoms with van der Waals surface area (Å²) in [5.74, 6) is 0.535. The molecule has 0 spiro atoms. The van der Waals surface area contributed by atoms with E-state index in [9.17, 15) is 14.4 Å². The quantitative estimate of drug-likeness (QED) is 0.679. The number of carbonyl (C=O) groups is 2. The lowest BCUT2D eigenvalue weighted by molar-refractivity contribution is -0.134. The Morgan fingerprint density at radius 3 is 2.45 bits per heavy atom. The number of H-pyrrole nitrogens is 1. The highest BCUT2D eigenvalue weighted by Gasteiger charge is 2.35. The van der Waals surface area contributed by atoms with E-state index < -0.39 is 0 Å². The molecule has 0 unspecified atom stereocenters. The predicted octanol–water partition coefficient (Wildman–Crippen LogP) is 1.24. The fourth-order valence-electron chi connectivity index (χ4n) is 3.75. The van der Waals surface area contributed by atoms with E-state index in [1.165, 1.54) is 15.4 Å². The normalized spacial score (nSPS) is 16.2. The van der Waals surface area contributed by atoms with Crippen molar-refractivity contribution in [2.24, 2.45) is 5.92 Å². The SMILES string of the molecule is CC.Cc1c(C(=O)N2CCN(C(=O)C3CC3)CC2)cnn1-c1nn2cccc2c(=O)[nH]1. The molecule has 0 bridgehead atoms. The number of nitrogens with one attached hydrogen (secondary N) is 1. The number of amides is 2. The average molecular weight is 425 g/mol. The molecule has 2 fully saturated rings. The molecule has 0 radical (unpaired) electrons. The molecule has 0 aromatic carbocycles. The molecule has 5 rings (SSSR count). The summed E-state index contributed by atoms with van der Waals surface area (Å²) in [6, 6.07) is 3.41. The first-order valence-corrected chi connectivity index (χ1v) is 10.7. The summed E-state index contributed by atoms with van der Waals surface area (Å²) in [7, 11) is 0. The van der Waals surface area contributed by atoms with E-state index in [-0.39, 0.29) is 29.2 Å². The fraction of sp³-hybridized carbons (Fsp3) is 0.476. The summed E-state index contributed by atoms with van der Waals surface area (Å²) in [6.07, 6.45) is 5.16. The van der Waals surface area contributed by atoms with Crippen LogP contribution in [0.2, 0.25) is 0 Å². The average Bonchev–Trinajstić information content (AvgIpc) is 3.41. The maximum absolute atomic E-state index is 13.0. The molecule has 1 aliphatic heterocycles. The number of fused-ring (bicyclic) bond motifs is 1. The molecule has 10 heteroatoms. The lowest BCUT2D eigenvalue weighted by Crippen LogP contribution is -2.51. The van der Waals surface area contributed by atoms with Crippen LogP contribution in [0.25, 0.3) is 11.5 Å². The summed E-state index contributed by atoms with van der Waals surface area (Å²) in [5, 5.41) is 8.62. The summed E-state index contributed by atoms with van der Waals surface area (Å²) in [6.45, 7) is 7.91. The number of carbonyl (C=O) groups excluding carboxylic acids is 2. The molecule has 0 atom stereocenters. The molecule has 2 amide bonds. The van der Waals surface area contributed by atoms with Crippen molar-refractivity contribution in [2.75, 3.05) is 26.2 Å². The molecular weight excluding hydrogens is 398 g/mol. The topological polar surface area (TPSA) is 109 Å². The van der Waals surface area contributed by atoms with Crippen LogP contribution < -0.4 is 5.56 Å². The molecule has 3 aromatic rings. The molecule has 10 nitrogen and oxygen atoms in total. The van der Waals surface area contributed by atoms with E-state index in [1.807, 2.05) is 18.7 Å². The van der Waals surface area contributed by atoms with E-state index in [2.05, 4.69) is 15.2 Å². The van der Waals surface area contributed by atoms with Gasteiger partial charge in [0, 0.05) is 38.3 Å². The number of aromatic nitrogens is 5. The molecule has 3 aromatic heterocycles. The van der Waals surface area contributed by atoms with Crippen molar-refractivity contribution < 1.29 is 9.59 Å². The van der Waals surface area contributed by atoms with Crippen LogP contribution in [-0.2, 0) is 4.79 Å². The largest absolute Gasteiger partial charge is 0.339 e. The van der Waals surface area contributed by atoms with E-state index in [1.54, 1.807) is 30.2 Å². The van der Waals surface area contributed by atoms with Crippen LogP contribution in [0.15, 0.2) is 29.3 Å². The van der Waals surface area contributed by atoms with Gasteiger partial charge in [-0.2, -0.15) is 5.10 Å². The highest BCUT2D eigenvalue weighted by Crippen LogP contribution is 2.31. The van der Waals surface area contributed by atoms with Crippen molar-refractivity contribution in [2.45, 2.75) is 33.6 Å². The summed E-state index contributed by atoms with van der Waals surface area (Å²) < 4.78 is 2.94. The van der Waals surface area contributed by atoms with Gasteiger partial charge in [0.1, 0.15) is 5.52 Å². The Labute approximate surface area is 179 Å². The first kappa shape index (κ1) is 20.8. The summed E-state index contributed by atoms with van der Waals surface area (Å²) in [4.78, 5) is 43.7. The van der Waals surface area contributed by atoms with Gasteiger partial charge in [-0.1, -0.05) is 13.8 Å². The van der Waals surface area contributed by atoms with Gasteiger partial charge in [-0.15, -0.1) is 5.10 Å². The van der Waals surface area contributed by atoms with Crippen LogP contribution in [0.4, 0.5) is 0 Å². The summed E-state index contributed by atoms with van der Waals surface area (Å²) in [5.41, 5.74) is 1.22. The molecule has 2 aliphatic rings. The van der Waals surface area contributed by atoms with Gasteiger partial charge in [0.15, 0.2) is 0 Å². The lowest BCUT2D eigenvalue weighted by atomic mass is 10.2. The van der Waals surface area contributed by atoms with Gasteiger partial charge in [0.05, 0.1) is 17.5 Å².